The molecule has 0 radical (unpaired) electrons. The summed E-state index contributed by atoms with van der Waals surface area (Å²) in [7, 11) is 0. The first-order valence-electron chi connectivity index (χ1n) is 6.28. The zero-order valence-electron chi connectivity index (χ0n) is 10.3. The molecule has 17 heavy (non-hydrogen) atoms. The number of hydrogen-bond donors (Lipinski definition) is 1. The van der Waals surface area contributed by atoms with Gasteiger partial charge in [0.05, 0.1) is 10.7 Å². The largest absolute Gasteiger partial charge is 0.380 e. The molecule has 1 aliphatic carbocycles. The standard InChI is InChI=1S/C14H19ClFN/c1-9-6-7-11(8-10(9)2)17-13-5-3-4-12(15)14(13)16/h3-5,9-11,17H,6-8H2,1-2H3. The summed E-state index contributed by atoms with van der Waals surface area (Å²) in [4.78, 5) is 0. The molecule has 0 heterocycles. The maximum absolute atomic E-state index is 13.7. The number of hydrogen-bond acceptors (Lipinski definition) is 1. The van der Waals surface area contributed by atoms with Crippen molar-refractivity contribution in [3.63, 3.8) is 0 Å². The van der Waals surface area contributed by atoms with Gasteiger partial charge >= 0.3 is 0 Å². The van der Waals surface area contributed by atoms with E-state index in [1.54, 1.807) is 18.2 Å². The first-order valence-corrected chi connectivity index (χ1v) is 6.66. The molecule has 1 fully saturated rings. The van der Waals surface area contributed by atoms with Crippen molar-refractivity contribution < 1.29 is 4.39 Å². The van der Waals surface area contributed by atoms with Gasteiger partial charge in [0.25, 0.3) is 0 Å². The third-order valence-corrected chi connectivity index (χ3v) is 4.20. The molecule has 0 saturated heterocycles. The lowest BCUT2D eigenvalue weighted by Crippen LogP contribution is -2.30. The lowest BCUT2D eigenvalue weighted by Gasteiger charge is -2.33. The number of anilines is 1. The molecule has 1 aromatic carbocycles. The molecule has 1 saturated carbocycles. The summed E-state index contributed by atoms with van der Waals surface area (Å²) in [5.41, 5.74) is 0.532. The van der Waals surface area contributed by atoms with Crippen molar-refractivity contribution in [2.24, 2.45) is 11.8 Å². The Morgan fingerprint density at radius 2 is 2.00 bits per heavy atom. The van der Waals surface area contributed by atoms with Crippen LogP contribution in [-0.2, 0) is 0 Å². The molecule has 0 spiro atoms. The van der Waals surface area contributed by atoms with Crippen LogP contribution in [0.5, 0.6) is 0 Å². The summed E-state index contributed by atoms with van der Waals surface area (Å²) in [5.74, 6) is 1.14. The van der Waals surface area contributed by atoms with Crippen molar-refractivity contribution >= 4 is 17.3 Å². The first-order chi connectivity index (χ1) is 8.08. The third-order valence-electron chi connectivity index (χ3n) is 3.91. The van der Waals surface area contributed by atoms with Gasteiger partial charge in [-0.2, -0.15) is 0 Å². The van der Waals surface area contributed by atoms with E-state index in [4.69, 9.17) is 11.6 Å². The molecule has 0 bridgehead atoms. The Bertz CT molecular complexity index is 394. The van der Waals surface area contributed by atoms with E-state index in [-0.39, 0.29) is 10.8 Å². The third kappa shape index (κ3) is 2.92. The van der Waals surface area contributed by atoms with Gasteiger partial charge in [0.1, 0.15) is 0 Å². The summed E-state index contributed by atoms with van der Waals surface area (Å²) in [6.45, 7) is 4.56. The van der Waals surface area contributed by atoms with Crippen molar-refractivity contribution in [3.8, 4) is 0 Å². The fourth-order valence-corrected chi connectivity index (χ4v) is 2.69. The molecule has 3 unspecified atom stereocenters. The van der Waals surface area contributed by atoms with Gasteiger partial charge in [-0.15, -0.1) is 0 Å². The van der Waals surface area contributed by atoms with Gasteiger partial charge in [-0.25, -0.2) is 4.39 Å². The highest BCUT2D eigenvalue weighted by atomic mass is 35.5. The van der Waals surface area contributed by atoms with Crippen LogP contribution in [0.15, 0.2) is 18.2 Å². The molecular weight excluding hydrogens is 237 g/mol. The molecule has 1 aliphatic rings. The fraction of sp³-hybridized carbons (Fsp3) is 0.571. The van der Waals surface area contributed by atoms with Crippen LogP contribution in [0, 0.1) is 17.7 Å². The number of nitrogens with one attached hydrogen (secondary N) is 1. The van der Waals surface area contributed by atoms with E-state index in [1.165, 1.54) is 6.42 Å². The fourth-order valence-electron chi connectivity index (χ4n) is 2.51. The zero-order valence-corrected chi connectivity index (χ0v) is 11.1. The van der Waals surface area contributed by atoms with Gasteiger partial charge in [-0.05, 0) is 43.2 Å². The molecule has 3 heteroatoms. The minimum Gasteiger partial charge on any atom is -0.380 e. The molecule has 1 aromatic rings. The first kappa shape index (κ1) is 12.7. The maximum atomic E-state index is 13.7. The van der Waals surface area contributed by atoms with Crippen LogP contribution < -0.4 is 5.32 Å². The summed E-state index contributed by atoms with van der Waals surface area (Å²) in [6, 6.07) is 5.48. The molecule has 94 valence electrons. The van der Waals surface area contributed by atoms with Crippen molar-refractivity contribution in [2.45, 2.75) is 39.2 Å². The summed E-state index contributed by atoms with van der Waals surface area (Å²) in [6.07, 6.45) is 3.42. The molecule has 0 amide bonds. The summed E-state index contributed by atoms with van der Waals surface area (Å²) < 4.78 is 13.7. The maximum Gasteiger partial charge on any atom is 0.164 e. The van der Waals surface area contributed by atoms with E-state index in [0.29, 0.717) is 17.6 Å². The Morgan fingerprint density at radius 3 is 2.71 bits per heavy atom. The summed E-state index contributed by atoms with van der Waals surface area (Å²) >= 11 is 5.77. The van der Waals surface area contributed by atoms with Gasteiger partial charge in [-0.1, -0.05) is 31.5 Å². The Kier molecular flexibility index (Phi) is 3.93. The van der Waals surface area contributed by atoms with Gasteiger partial charge in [0.15, 0.2) is 5.82 Å². The van der Waals surface area contributed by atoms with Crippen LogP contribution >= 0.6 is 11.6 Å². The predicted molar refractivity (Wildman–Crippen MR) is 71.0 cm³/mol. The smallest absolute Gasteiger partial charge is 0.164 e. The van der Waals surface area contributed by atoms with E-state index in [2.05, 4.69) is 19.2 Å². The lowest BCUT2D eigenvalue weighted by atomic mass is 9.79. The highest BCUT2D eigenvalue weighted by Gasteiger charge is 2.24. The van der Waals surface area contributed by atoms with E-state index >= 15 is 0 Å². The van der Waals surface area contributed by atoms with Crippen LogP contribution in [0.1, 0.15) is 33.1 Å². The van der Waals surface area contributed by atoms with E-state index < -0.39 is 0 Å². The molecule has 2 rings (SSSR count). The molecule has 0 aliphatic heterocycles. The Balaban J connectivity index is 2.04. The van der Waals surface area contributed by atoms with Crippen molar-refractivity contribution in [3.05, 3.63) is 29.0 Å². The van der Waals surface area contributed by atoms with Crippen LogP contribution in [0.25, 0.3) is 0 Å². The minimum absolute atomic E-state index is 0.187. The number of halogens is 2. The van der Waals surface area contributed by atoms with Crippen LogP contribution in [-0.4, -0.2) is 6.04 Å². The monoisotopic (exact) mass is 255 g/mol. The second kappa shape index (κ2) is 5.26. The average Bonchev–Trinajstić information content (AvgIpc) is 2.30. The second-order valence-electron chi connectivity index (χ2n) is 5.21. The lowest BCUT2D eigenvalue weighted by molar-refractivity contribution is 0.260. The number of benzene rings is 1. The van der Waals surface area contributed by atoms with Gasteiger partial charge < -0.3 is 5.32 Å². The molecule has 1 N–H and O–H groups in total. The van der Waals surface area contributed by atoms with E-state index in [1.807, 2.05) is 0 Å². The number of rotatable bonds is 2. The molecule has 0 aromatic heterocycles. The van der Waals surface area contributed by atoms with Gasteiger partial charge in [-0.3, -0.25) is 0 Å². The van der Waals surface area contributed by atoms with E-state index in [9.17, 15) is 4.39 Å². The predicted octanol–water partition coefficient (Wildman–Crippen LogP) is 4.72. The normalized spacial score (nSPS) is 29.1. The summed E-state index contributed by atoms with van der Waals surface area (Å²) in [5, 5.41) is 3.47. The molecule has 1 nitrogen and oxygen atoms in total. The van der Waals surface area contributed by atoms with E-state index in [0.717, 1.165) is 18.8 Å². The zero-order chi connectivity index (χ0) is 12.4. The van der Waals surface area contributed by atoms with Crippen LogP contribution in [0.3, 0.4) is 0 Å². The van der Waals surface area contributed by atoms with Gasteiger partial charge in [0, 0.05) is 6.04 Å². The Morgan fingerprint density at radius 1 is 1.24 bits per heavy atom. The highest BCUT2D eigenvalue weighted by Crippen LogP contribution is 2.32. The van der Waals surface area contributed by atoms with Crippen LogP contribution in [0.2, 0.25) is 5.02 Å². The second-order valence-corrected chi connectivity index (χ2v) is 5.62. The Labute approximate surface area is 107 Å². The van der Waals surface area contributed by atoms with Gasteiger partial charge in [0.2, 0.25) is 0 Å². The molecular formula is C14H19ClFN. The van der Waals surface area contributed by atoms with Crippen molar-refractivity contribution in [1.29, 1.82) is 0 Å². The molecule has 3 atom stereocenters. The van der Waals surface area contributed by atoms with Crippen molar-refractivity contribution in [1.82, 2.24) is 0 Å². The SMILES string of the molecule is CC1CCC(Nc2cccc(Cl)c2F)CC1C. The topological polar surface area (TPSA) is 12.0 Å². The minimum atomic E-state index is -0.333. The Hall–Kier alpha value is -0.760. The highest BCUT2D eigenvalue weighted by molar-refractivity contribution is 6.31. The average molecular weight is 256 g/mol. The van der Waals surface area contributed by atoms with Crippen LogP contribution in [0.4, 0.5) is 10.1 Å². The van der Waals surface area contributed by atoms with Crippen molar-refractivity contribution in [2.75, 3.05) is 5.32 Å². The quantitative estimate of drug-likeness (QED) is 0.807.